The highest BCUT2D eigenvalue weighted by Crippen LogP contribution is 2.31. The van der Waals surface area contributed by atoms with Crippen LogP contribution in [0.3, 0.4) is 0 Å². The van der Waals surface area contributed by atoms with Crippen LogP contribution in [0.5, 0.6) is 5.88 Å². The number of methoxy groups -OCH3 is 1. The Morgan fingerprint density at radius 1 is 1.41 bits per heavy atom. The van der Waals surface area contributed by atoms with Crippen LogP contribution < -0.4 is 10.1 Å². The van der Waals surface area contributed by atoms with Crippen molar-refractivity contribution in [2.75, 3.05) is 14.2 Å². The Hall–Kier alpha value is -0.980. The fourth-order valence-corrected chi connectivity index (χ4v) is 3.13. The van der Waals surface area contributed by atoms with Crippen molar-refractivity contribution in [2.45, 2.75) is 6.04 Å². The average Bonchev–Trinajstić information content (AvgIpc) is 2.77. The second-order valence-corrected chi connectivity index (χ2v) is 4.98. The molecule has 17 heavy (non-hydrogen) atoms. The van der Waals surface area contributed by atoms with E-state index in [2.05, 4.69) is 42.0 Å². The Labute approximate surface area is 112 Å². The van der Waals surface area contributed by atoms with Crippen LogP contribution in [0.4, 0.5) is 0 Å². The first-order valence-corrected chi connectivity index (χ1v) is 6.74. The molecule has 0 aliphatic heterocycles. The maximum Gasteiger partial charge on any atom is 0.216 e. The highest BCUT2D eigenvalue weighted by Gasteiger charge is 2.17. The van der Waals surface area contributed by atoms with Crippen LogP contribution in [0.25, 0.3) is 0 Å². The number of ether oxygens (including phenoxy) is 1. The first-order chi connectivity index (χ1) is 8.26. The van der Waals surface area contributed by atoms with Crippen molar-refractivity contribution in [1.29, 1.82) is 0 Å². The van der Waals surface area contributed by atoms with E-state index in [1.165, 1.54) is 11.9 Å². The Balaban J connectivity index is 2.38. The molecule has 2 heterocycles. The number of rotatable bonds is 4. The van der Waals surface area contributed by atoms with Crippen LogP contribution in [0.1, 0.15) is 17.3 Å². The molecule has 6 heteroatoms. The molecule has 1 N–H and O–H groups in total. The third kappa shape index (κ3) is 2.65. The molecule has 90 valence electrons. The average molecular weight is 314 g/mol. The topological polar surface area (TPSA) is 47.0 Å². The van der Waals surface area contributed by atoms with E-state index in [1.807, 2.05) is 13.1 Å². The van der Waals surface area contributed by atoms with Crippen LogP contribution in [-0.4, -0.2) is 24.1 Å². The van der Waals surface area contributed by atoms with E-state index in [0.29, 0.717) is 5.88 Å². The lowest BCUT2D eigenvalue weighted by molar-refractivity contribution is 0.395. The molecule has 0 radical (unpaired) electrons. The monoisotopic (exact) mass is 313 g/mol. The van der Waals surface area contributed by atoms with Gasteiger partial charge < -0.3 is 10.1 Å². The molecule has 0 bridgehead atoms. The zero-order valence-corrected chi connectivity index (χ0v) is 11.9. The summed E-state index contributed by atoms with van der Waals surface area (Å²) in [7, 11) is 3.50. The number of aromatic nitrogens is 2. The highest BCUT2D eigenvalue weighted by molar-refractivity contribution is 9.10. The number of thiophene rings is 1. The minimum absolute atomic E-state index is 0.0347. The second kappa shape index (κ2) is 5.57. The van der Waals surface area contributed by atoms with Gasteiger partial charge in [0.15, 0.2) is 0 Å². The normalized spacial score (nSPS) is 12.4. The Kier molecular flexibility index (Phi) is 4.09. The molecule has 1 unspecified atom stereocenters. The lowest BCUT2D eigenvalue weighted by atomic mass is 10.1. The van der Waals surface area contributed by atoms with Crippen LogP contribution >= 0.6 is 27.3 Å². The van der Waals surface area contributed by atoms with Gasteiger partial charge in [0.2, 0.25) is 5.88 Å². The molecule has 0 aliphatic rings. The number of hydrogen-bond acceptors (Lipinski definition) is 5. The van der Waals surface area contributed by atoms with Crippen molar-refractivity contribution < 1.29 is 4.74 Å². The van der Waals surface area contributed by atoms with Crippen LogP contribution in [-0.2, 0) is 0 Å². The van der Waals surface area contributed by atoms with E-state index in [0.717, 1.165) is 10.2 Å². The summed E-state index contributed by atoms with van der Waals surface area (Å²) < 4.78 is 6.19. The molecule has 4 nitrogen and oxygen atoms in total. The molecule has 0 saturated carbocycles. The van der Waals surface area contributed by atoms with Gasteiger partial charge in [0.05, 0.1) is 18.8 Å². The van der Waals surface area contributed by atoms with Gasteiger partial charge in [0.1, 0.15) is 6.33 Å². The van der Waals surface area contributed by atoms with Gasteiger partial charge >= 0.3 is 0 Å². The van der Waals surface area contributed by atoms with Crippen molar-refractivity contribution in [3.63, 3.8) is 0 Å². The van der Waals surface area contributed by atoms with Gasteiger partial charge in [-0.3, -0.25) is 0 Å². The van der Waals surface area contributed by atoms with Crippen LogP contribution in [0.2, 0.25) is 0 Å². The minimum atomic E-state index is 0.0347. The van der Waals surface area contributed by atoms with E-state index in [4.69, 9.17) is 4.74 Å². The second-order valence-electron chi connectivity index (χ2n) is 3.38. The largest absolute Gasteiger partial charge is 0.481 e. The van der Waals surface area contributed by atoms with Gasteiger partial charge in [0.25, 0.3) is 0 Å². The van der Waals surface area contributed by atoms with Gasteiger partial charge in [-0.15, -0.1) is 0 Å². The van der Waals surface area contributed by atoms with Gasteiger partial charge in [-0.25, -0.2) is 9.97 Å². The van der Waals surface area contributed by atoms with Crippen LogP contribution in [0, 0.1) is 0 Å². The molecule has 2 aromatic heterocycles. The maximum atomic E-state index is 5.11. The molecule has 2 rings (SSSR count). The summed E-state index contributed by atoms with van der Waals surface area (Å²) in [6, 6.07) is 1.87. The lowest BCUT2D eigenvalue weighted by Gasteiger charge is -2.15. The summed E-state index contributed by atoms with van der Waals surface area (Å²) in [5, 5.41) is 7.39. The minimum Gasteiger partial charge on any atom is -0.481 e. The highest BCUT2D eigenvalue weighted by atomic mass is 79.9. The van der Waals surface area contributed by atoms with Gasteiger partial charge in [-0.05, 0) is 33.9 Å². The van der Waals surface area contributed by atoms with E-state index in [-0.39, 0.29) is 6.04 Å². The first-order valence-electron chi connectivity index (χ1n) is 5.01. The first kappa shape index (κ1) is 12.5. The van der Waals surface area contributed by atoms with Gasteiger partial charge in [0, 0.05) is 15.9 Å². The van der Waals surface area contributed by atoms with Crippen molar-refractivity contribution in [3.05, 3.63) is 38.9 Å². The zero-order chi connectivity index (χ0) is 12.3. The summed E-state index contributed by atoms with van der Waals surface area (Å²) in [5.74, 6) is 0.571. The Morgan fingerprint density at radius 2 is 2.24 bits per heavy atom. The third-order valence-electron chi connectivity index (χ3n) is 2.41. The summed E-state index contributed by atoms with van der Waals surface area (Å²) in [4.78, 5) is 8.29. The molecule has 0 fully saturated rings. The van der Waals surface area contributed by atoms with E-state index < -0.39 is 0 Å². The molecule has 0 aromatic carbocycles. The van der Waals surface area contributed by atoms with Gasteiger partial charge in [-0.2, -0.15) is 11.3 Å². The fraction of sp³-hybridized carbons (Fsp3) is 0.273. The number of nitrogens with zero attached hydrogens (tertiary/aromatic N) is 2. The maximum absolute atomic E-state index is 5.11. The third-order valence-corrected chi connectivity index (χ3v) is 4.16. The number of hydrogen-bond donors (Lipinski definition) is 1. The SMILES string of the molecule is CNC(c1cc(OC)ncn1)c1cscc1Br. The Bertz CT molecular complexity index is 503. The van der Waals surface area contributed by atoms with Crippen molar-refractivity contribution in [3.8, 4) is 5.88 Å². The number of halogens is 1. The van der Waals surface area contributed by atoms with Crippen molar-refractivity contribution >= 4 is 27.3 Å². The number of nitrogens with one attached hydrogen (secondary N) is 1. The molecule has 0 saturated heterocycles. The van der Waals surface area contributed by atoms with Crippen LogP contribution in [0.15, 0.2) is 27.6 Å². The zero-order valence-electron chi connectivity index (χ0n) is 9.48. The van der Waals surface area contributed by atoms with E-state index in [9.17, 15) is 0 Å². The molecular weight excluding hydrogens is 302 g/mol. The lowest BCUT2D eigenvalue weighted by Crippen LogP contribution is -2.18. The standard InChI is InChI=1S/C11H12BrN3OS/c1-13-11(7-4-17-5-8(7)12)9-3-10(16-2)15-6-14-9/h3-6,11,13H,1-2H3. The molecule has 0 amide bonds. The predicted octanol–water partition coefficient (Wildman–Crippen LogP) is 2.62. The quantitative estimate of drug-likeness (QED) is 0.942. The molecular formula is C11H12BrN3OS. The van der Waals surface area contributed by atoms with E-state index in [1.54, 1.807) is 18.4 Å². The van der Waals surface area contributed by atoms with Crippen molar-refractivity contribution in [1.82, 2.24) is 15.3 Å². The molecule has 2 aromatic rings. The molecule has 0 aliphatic carbocycles. The van der Waals surface area contributed by atoms with Crippen molar-refractivity contribution in [2.24, 2.45) is 0 Å². The summed E-state index contributed by atoms with van der Waals surface area (Å²) in [6.45, 7) is 0. The van der Waals surface area contributed by atoms with Gasteiger partial charge in [-0.1, -0.05) is 0 Å². The summed E-state index contributed by atoms with van der Waals surface area (Å²) >= 11 is 5.19. The fourth-order valence-electron chi connectivity index (χ4n) is 1.58. The smallest absolute Gasteiger partial charge is 0.216 e. The molecule has 0 spiro atoms. The predicted molar refractivity (Wildman–Crippen MR) is 71.5 cm³/mol. The summed E-state index contributed by atoms with van der Waals surface area (Å²) in [5.41, 5.74) is 2.05. The summed E-state index contributed by atoms with van der Waals surface area (Å²) in [6.07, 6.45) is 1.51. The molecule has 1 atom stereocenters. The Morgan fingerprint density at radius 3 is 2.82 bits per heavy atom. The van der Waals surface area contributed by atoms with E-state index >= 15 is 0 Å².